The Morgan fingerprint density at radius 3 is 2.94 bits per heavy atom. The van der Waals surface area contributed by atoms with Crippen LogP contribution in [0, 0.1) is 0 Å². The fourth-order valence-corrected chi connectivity index (χ4v) is 1.21. The minimum atomic E-state index is -0.382. The standard InChI is InChI=1S/C12H15NO3/c1-3-16-12(15)7-9(2)13-10-5-4-6-11(14)8-10/h4-8,13-14H,3H2,1-2H3/b9-7+. The van der Waals surface area contributed by atoms with E-state index in [2.05, 4.69) is 5.32 Å². The van der Waals surface area contributed by atoms with Gasteiger partial charge in [0.05, 0.1) is 6.61 Å². The summed E-state index contributed by atoms with van der Waals surface area (Å²) in [5, 5.41) is 12.2. The Morgan fingerprint density at radius 1 is 1.56 bits per heavy atom. The van der Waals surface area contributed by atoms with Crippen LogP contribution in [-0.2, 0) is 9.53 Å². The number of phenols is 1. The number of nitrogens with one attached hydrogen (secondary N) is 1. The smallest absolute Gasteiger partial charge is 0.332 e. The molecular weight excluding hydrogens is 206 g/mol. The van der Waals surface area contributed by atoms with Crippen LogP contribution in [0.25, 0.3) is 0 Å². The molecule has 86 valence electrons. The van der Waals surface area contributed by atoms with Crippen LogP contribution in [0.2, 0.25) is 0 Å². The van der Waals surface area contributed by atoms with Crippen molar-refractivity contribution in [3.63, 3.8) is 0 Å². The normalized spacial score (nSPS) is 11.0. The number of ether oxygens (including phenoxy) is 1. The minimum Gasteiger partial charge on any atom is -0.508 e. The predicted molar refractivity (Wildman–Crippen MR) is 62.1 cm³/mol. The Morgan fingerprint density at radius 2 is 2.31 bits per heavy atom. The summed E-state index contributed by atoms with van der Waals surface area (Å²) in [6.07, 6.45) is 1.37. The van der Waals surface area contributed by atoms with Gasteiger partial charge in [0.25, 0.3) is 0 Å². The van der Waals surface area contributed by atoms with Crippen LogP contribution in [0.15, 0.2) is 36.0 Å². The number of allylic oxidation sites excluding steroid dienone is 1. The highest BCUT2D eigenvalue weighted by Crippen LogP contribution is 2.16. The summed E-state index contributed by atoms with van der Waals surface area (Å²) in [6.45, 7) is 3.86. The van der Waals surface area contributed by atoms with E-state index >= 15 is 0 Å². The van der Waals surface area contributed by atoms with Gasteiger partial charge in [-0.3, -0.25) is 0 Å². The SMILES string of the molecule is CCOC(=O)/C=C(\C)Nc1cccc(O)c1. The third-order valence-corrected chi connectivity index (χ3v) is 1.81. The van der Waals surface area contributed by atoms with Crippen molar-refractivity contribution in [3.05, 3.63) is 36.0 Å². The molecule has 0 amide bonds. The van der Waals surface area contributed by atoms with Gasteiger partial charge in [-0.15, -0.1) is 0 Å². The Kier molecular flexibility index (Phi) is 4.39. The average Bonchev–Trinajstić information content (AvgIpc) is 2.17. The number of esters is 1. The van der Waals surface area contributed by atoms with E-state index in [9.17, 15) is 9.90 Å². The van der Waals surface area contributed by atoms with E-state index in [0.717, 1.165) is 5.69 Å². The molecule has 4 nitrogen and oxygen atoms in total. The number of anilines is 1. The minimum absolute atomic E-state index is 0.175. The molecule has 0 aliphatic heterocycles. The van der Waals surface area contributed by atoms with Gasteiger partial charge in [-0.1, -0.05) is 6.07 Å². The second-order valence-corrected chi connectivity index (χ2v) is 3.25. The number of carbonyl (C=O) groups is 1. The lowest BCUT2D eigenvalue weighted by Crippen LogP contribution is -2.04. The summed E-state index contributed by atoms with van der Waals surface area (Å²) in [5.41, 5.74) is 1.38. The van der Waals surface area contributed by atoms with Gasteiger partial charge in [0.1, 0.15) is 5.75 Å². The number of aromatic hydroxyl groups is 1. The first-order valence-electron chi connectivity index (χ1n) is 5.03. The van der Waals surface area contributed by atoms with E-state index in [4.69, 9.17) is 4.74 Å². The predicted octanol–water partition coefficient (Wildman–Crippen LogP) is 2.27. The first-order valence-corrected chi connectivity index (χ1v) is 5.03. The summed E-state index contributed by atoms with van der Waals surface area (Å²) < 4.78 is 4.77. The number of rotatable bonds is 4. The van der Waals surface area contributed by atoms with Gasteiger partial charge >= 0.3 is 5.97 Å². The topological polar surface area (TPSA) is 58.6 Å². The van der Waals surface area contributed by atoms with Gasteiger partial charge < -0.3 is 15.2 Å². The number of hydrogen-bond donors (Lipinski definition) is 2. The molecule has 0 radical (unpaired) electrons. The van der Waals surface area contributed by atoms with Crippen LogP contribution >= 0.6 is 0 Å². The monoisotopic (exact) mass is 221 g/mol. The van der Waals surface area contributed by atoms with Gasteiger partial charge in [0.2, 0.25) is 0 Å². The lowest BCUT2D eigenvalue weighted by atomic mass is 10.3. The lowest BCUT2D eigenvalue weighted by Gasteiger charge is -2.06. The maximum Gasteiger partial charge on any atom is 0.332 e. The van der Waals surface area contributed by atoms with Crippen LogP contribution in [0.5, 0.6) is 5.75 Å². The van der Waals surface area contributed by atoms with Crippen LogP contribution in [0.4, 0.5) is 5.69 Å². The maximum absolute atomic E-state index is 11.1. The molecule has 0 saturated carbocycles. The first-order chi connectivity index (χ1) is 7.61. The van der Waals surface area contributed by atoms with E-state index in [1.807, 2.05) is 0 Å². The van der Waals surface area contributed by atoms with Crippen LogP contribution in [-0.4, -0.2) is 17.7 Å². The molecule has 0 atom stereocenters. The average molecular weight is 221 g/mol. The Hall–Kier alpha value is -1.97. The molecule has 0 fully saturated rings. The molecule has 0 spiro atoms. The number of carbonyl (C=O) groups excluding carboxylic acids is 1. The summed E-state index contributed by atoms with van der Waals surface area (Å²) in [7, 11) is 0. The number of phenolic OH excluding ortho intramolecular Hbond substituents is 1. The summed E-state index contributed by atoms with van der Waals surface area (Å²) >= 11 is 0. The highest BCUT2D eigenvalue weighted by atomic mass is 16.5. The molecule has 0 saturated heterocycles. The van der Waals surface area contributed by atoms with Gasteiger partial charge in [-0.05, 0) is 26.0 Å². The zero-order valence-electron chi connectivity index (χ0n) is 9.36. The fourth-order valence-electron chi connectivity index (χ4n) is 1.21. The molecule has 16 heavy (non-hydrogen) atoms. The maximum atomic E-state index is 11.1. The molecule has 4 heteroatoms. The van der Waals surface area contributed by atoms with Crippen LogP contribution < -0.4 is 5.32 Å². The van der Waals surface area contributed by atoms with Crippen molar-refractivity contribution < 1.29 is 14.6 Å². The first kappa shape index (κ1) is 12.1. The zero-order valence-corrected chi connectivity index (χ0v) is 9.36. The molecule has 0 bridgehead atoms. The van der Waals surface area contributed by atoms with Crippen molar-refractivity contribution in [2.24, 2.45) is 0 Å². The Bertz CT molecular complexity index is 399. The Labute approximate surface area is 94.6 Å². The van der Waals surface area contributed by atoms with Gasteiger partial charge in [0, 0.05) is 23.5 Å². The molecular formula is C12H15NO3. The van der Waals surface area contributed by atoms with E-state index in [1.165, 1.54) is 6.08 Å². The molecule has 0 unspecified atom stereocenters. The molecule has 1 aromatic carbocycles. The van der Waals surface area contributed by atoms with Gasteiger partial charge in [-0.2, -0.15) is 0 Å². The highest BCUT2D eigenvalue weighted by molar-refractivity contribution is 5.83. The molecule has 1 aromatic rings. The molecule has 0 aliphatic rings. The van der Waals surface area contributed by atoms with Crippen molar-refractivity contribution in [2.75, 3.05) is 11.9 Å². The second kappa shape index (κ2) is 5.80. The van der Waals surface area contributed by atoms with Crippen molar-refractivity contribution in [3.8, 4) is 5.75 Å². The zero-order chi connectivity index (χ0) is 12.0. The summed E-state index contributed by atoms with van der Waals surface area (Å²) in [5.74, 6) is -0.207. The number of benzene rings is 1. The lowest BCUT2D eigenvalue weighted by molar-refractivity contribution is -0.137. The van der Waals surface area contributed by atoms with Crippen LogP contribution in [0.3, 0.4) is 0 Å². The van der Waals surface area contributed by atoms with Gasteiger partial charge in [0.15, 0.2) is 0 Å². The summed E-state index contributed by atoms with van der Waals surface area (Å²) in [4.78, 5) is 11.1. The van der Waals surface area contributed by atoms with E-state index in [1.54, 1.807) is 38.1 Å². The molecule has 0 heterocycles. The fraction of sp³-hybridized carbons (Fsp3) is 0.250. The van der Waals surface area contributed by atoms with Crippen molar-refractivity contribution in [1.29, 1.82) is 0 Å². The summed E-state index contributed by atoms with van der Waals surface area (Å²) in [6, 6.07) is 6.66. The Balaban J connectivity index is 2.63. The highest BCUT2D eigenvalue weighted by Gasteiger charge is 1.99. The second-order valence-electron chi connectivity index (χ2n) is 3.25. The largest absolute Gasteiger partial charge is 0.508 e. The number of hydrogen-bond acceptors (Lipinski definition) is 4. The van der Waals surface area contributed by atoms with Crippen molar-refractivity contribution in [2.45, 2.75) is 13.8 Å². The third kappa shape index (κ3) is 4.04. The van der Waals surface area contributed by atoms with Gasteiger partial charge in [-0.25, -0.2) is 4.79 Å². The van der Waals surface area contributed by atoms with E-state index < -0.39 is 0 Å². The molecule has 0 aliphatic carbocycles. The van der Waals surface area contributed by atoms with E-state index in [0.29, 0.717) is 12.3 Å². The molecule has 0 aromatic heterocycles. The van der Waals surface area contributed by atoms with E-state index in [-0.39, 0.29) is 11.7 Å². The quantitative estimate of drug-likeness (QED) is 0.605. The van der Waals surface area contributed by atoms with Crippen LogP contribution in [0.1, 0.15) is 13.8 Å². The molecule has 2 N–H and O–H groups in total. The van der Waals surface area contributed by atoms with Crippen molar-refractivity contribution >= 4 is 11.7 Å². The molecule has 1 rings (SSSR count). The third-order valence-electron chi connectivity index (χ3n) is 1.81. The van der Waals surface area contributed by atoms with Crippen molar-refractivity contribution in [1.82, 2.24) is 0 Å².